The van der Waals surface area contributed by atoms with Gasteiger partial charge in [-0.05, 0) is 13.8 Å². The van der Waals surface area contributed by atoms with E-state index >= 15 is 0 Å². The van der Waals surface area contributed by atoms with Gasteiger partial charge in [0.25, 0.3) is 11.9 Å². The normalized spacial score (nSPS) is 14.0. The van der Waals surface area contributed by atoms with Crippen molar-refractivity contribution in [2.24, 2.45) is 9.98 Å². The second-order valence-electron chi connectivity index (χ2n) is 5.18. The van der Waals surface area contributed by atoms with Crippen molar-refractivity contribution in [1.82, 2.24) is 15.1 Å². The van der Waals surface area contributed by atoms with Crippen LogP contribution < -0.4 is 10.6 Å². The van der Waals surface area contributed by atoms with Crippen LogP contribution in [-0.4, -0.2) is 59.4 Å². The number of carbonyl (C=O) groups excluding carboxylic acids is 3. The topological polar surface area (TPSA) is 127 Å². The molecule has 2 N–H and O–H groups in total. The summed E-state index contributed by atoms with van der Waals surface area (Å²) in [5, 5.41) is 8.97. The Kier molecular flexibility index (Phi) is 5.55. The lowest BCUT2D eigenvalue weighted by Gasteiger charge is -2.12. The first kappa shape index (κ1) is 18.2. The highest BCUT2D eigenvalue weighted by molar-refractivity contribution is 6.39. The fraction of sp³-hybridized carbons (Fsp3) is 0.333. The molecule has 3 amide bonds. The van der Waals surface area contributed by atoms with Gasteiger partial charge in [-0.3, -0.25) is 14.4 Å². The average molecular weight is 346 g/mol. The van der Waals surface area contributed by atoms with E-state index in [1.165, 1.54) is 17.9 Å². The molecule has 0 spiro atoms. The van der Waals surface area contributed by atoms with Crippen LogP contribution in [0.1, 0.15) is 12.6 Å². The molecular formula is C15H18N6O4. The Morgan fingerprint density at radius 1 is 1.28 bits per heavy atom. The molecule has 132 valence electrons. The molecule has 1 aliphatic rings. The maximum absolute atomic E-state index is 12.0. The molecule has 2 rings (SSSR count). The van der Waals surface area contributed by atoms with Crippen LogP contribution in [0.5, 0.6) is 0 Å². The molecule has 0 radical (unpaired) electrons. The average Bonchev–Trinajstić information content (AvgIpc) is 2.92. The monoisotopic (exact) mass is 346 g/mol. The van der Waals surface area contributed by atoms with Crippen molar-refractivity contribution in [3.8, 4) is 0 Å². The molecule has 25 heavy (non-hydrogen) atoms. The van der Waals surface area contributed by atoms with E-state index in [9.17, 15) is 14.4 Å². The van der Waals surface area contributed by atoms with E-state index in [-0.39, 0.29) is 30.5 Å². The standard InChI is InChI=1S/C15H18N6O4/c1-8-7-11(18-14(24)13(23)16-5-6-25-4)21(20-8)15-17-10(3)9(2)12(22)19-15/h7H,2,5-6H2,1,3-4H3,(H,16,23)(H,18,24). The summed E-state index contributed by atoms with van der Waals surface area (Å²) < 4.78 is 5.97. The quantitative estimate of drug-likeness (QED) is 0.438. The van der Waals surface area contributed by atoms with E-state index in [0.29, 0.717) is 11.4 Å². The van der Waals surface area contributed by atoms with E-state index in [1.807, 2.05) is 0 Å². The first-order valence-corrected chi connectivity index (χ1v) is 7.36. The molecule has 0 unspecified atom stereocenters. The van der Waals surface area contributed by atoms with Crippen LogP contribution in [0.25, 0.3) is 0 Å². The van der Waals surface area contributed by atoms with Crippen LogP contribution in [0.15, 0.2) is 28.2 Å². The highest BCUT2D eigenvalue weighted by Gasteiger charge is 2.22. The van der Waals surface area contributed by atoms with Crippen LogP contribution in [-0.2, 0) is 19.1 Å². The maximum Gasteiger partial charge on any atom is 0.314 e. The third-order valence-electron chi connectivity index (χ3n) is 3.22. The van der Waals surface area contributed by atoms with Gasteiger partial charge >= 0.3 is 11.8 Å². The first-order chi connectivity index (χ1) is 11.8. The lowest BCUT2D eigenvalue weighted by atomic mass is 10.2. The van der Waals surface area contributed by atoms with Crippen LogP contribution in [0.4, 0.5) is 5.82 Å². The number of anilines is 1. The Morgan fingerprint density at radius 3 is 2.64 bits per heavy atom. The summed E-state index contributed by atoms with van der Waals surface area (Å²) in [6, 6.07) is 1.53. The van der Waals surface area contributed by atoms with Gasteiger partial charge in [-0.2, -0.15) is 14.8 Å². The zero-order chi connectivity index (χ0) is 18.6. The minimum atomic E-state index is -0.884. The van der Waals surface area contributed by atoms with Gasteiger partial charge < -0.3 is 15.4 Å². The molecule has 0 atom stereocenters. The van der Waals surface area contributed by atoms with Gasteiger partial charge in [0.1, 0.15) is 5.82 Å². The second-order valence-corrected chi connectivity index (χ2v) is 5.18. The summed E-state index contributed by atoms with van der Waals surface area (Å²) in [5.41, 5.74) is 1.14. The van der Waals surface area contributed by atoms with Crippen LogP contribution in [0.2, 0.25) is 0 Å². The summed E-state index contributed by atoms with van der Waals surface area (Å²) in [6.45, 7) is 7.38. The van der Waals surface area contributed by atoms with Gasteiger partial charge in [0, 0.05) is 19.7 Å². The number of aliphatic imine (C=N–C) groups is 2. The summed E-state index contributed by atoms with van der Waals surface area (Å²) in [4.78, 5) is 43.5. The molecule has 0 saturated carbocycles. The van der Waals surface area contributed by atoms with Crippen molar-refractivity contribution in [2.75, 3.05) is 25.6 Å². The number of nitrogens with zero attached hydrogens (tertiary/aromatic N) is 4. The summed E-state index contributed by atoms with van der Waals surface area (Å²) in [6.07, 6.45) is 0. The van der Waals surface area contributed by atoms with Crippen molar-refractivity contribution in [1.29, 1.82) is 0 Å². The summed E-state index contributed by atoms with van der Waals surface area (Å²) >= 11 is 0. The lowest BCUT2D eigenvalue weighted by molar-refractivity contribution is -0.136. The number of hydrogen-bond acceptors (Lipinski definition) is 6. The molecule has 0 fully saturated rings. The van der Waals surface area contributed by atoms with Gasteiger partial charge in [0.15, 0.2) is 0 Å². The Labute approximate surface area is 143 Å². The van der Waals surface area contributed by atoms with Gasteiger partial charge in [-0.1, -0.05) is 6.58 Å². The number of methoxy groups -OCH3 is 1. The van der Waals surface area contributed by atoms with Crippen molar-refractivity contribution in [2.45, 2.75) is 13.8 Å². The number of aromatic nitrogens is 2. The van der Waals surface area contributed by atoms with Crippen LogP contribution in [0, 0.1) is 6.92 Å². The van der Waals surface area contributed by atoms with Crippen molar-refractivity contribution < 1.29 is 19.1 Å². The van der Waals surface area contributed by atoms with E-state index in [4.69, 9.17) is 4.74 Å². The molecule has 0 aliphatic carbocycles. The molecule has 0 saturated heterocycles. The van der Waals surface area contributed by atoms with Gasteiger partial charge in [-0.25, -0.2) is 4.99 Å². The number of aryl methyl sites for hydroxylation is 1. The number of ether oxygens (including phenoxy) is 1. The first-order valence-electron chi connectivity index (χ1n) is 7.36. The smallest absolute Gasteiger partial charge is 0.314 e. The summed E-state index contributed by atoms with van der Waals surface area (Å²) in [5.74, 6) is -2.09. The number of nitrogens with one attached hydrogen (secondary N) is 2. The minimum absolute atomic E-state index is 0.0157. The highest BCUT2D eigenvalue weighted by atomic mass is 16.5. The number of rotatable bonds is 4. The van der Waals surface area contributed by atoms with E-state index in [1.54, 1.807) is 13.8 Å². The molecule has 0 bridgehead atoms. The number of hydrogen-bond donors (Lipinski definition) is 2. The third-order valence-corrected chi connectivity index (χ3v) is 3.22. The molecule has 10 heteroatoms. The van der Waals surface area contributed by atoms with Crippen LogP contribution in [0.3, 0.4) is 0 Å². The largest absolute Gasteiger partial charge is 0.383 e. The second kappa shape index (κ2) is 7.62. The number of carbonyl (C=O) groups is 3. The molecule has 1 aliphatic heterocycles. The Morgan fingerprint density at radius 2 is 2.00 bits per heavy atom. The zero-order valence-electron chi connectivity index (χ0n) is 14.1. The predicted molar refractivity (Wildman–Crippen MR) is 90.6 cm³/mol. The van der Waals surface area contributed by atoms with E-state index in [2.05, 4.69) is 32.3 Å². The Balaban J connectivity index is 2.20. The van der Waals surface area contributed by atoms with Gasteiger partial charge in [0.05, 0.1) is 23.6 Å². The summed E-state index contributed by atoms with van der Waals surface area (Å²) in [7, 11) is 1.48. The lowest BCUT2D eigenvalue weighted by Crippen LogP contribution is -2.37. The molecule has 10 nitrogen and oxygen atoms in total. The third kappa shape index (κ3) is 4.23. The number of amides is 3. The fourth-order valence-corrected chi connectivity index (χ4v) is 1.91. The highest BCUT2D eigenvalue weighted by Crippen LogP contribution is 2.14. The molecule has 0 aromatic carbocycles. The van der Waals surface area contributed by atoms with Gasteiger partial charge in [0.2, 0.25) is 0 Å². The van der Waals surface area contributed by atoms with Crippen molar-refractivity contribution in [3.63, 3.8) is 0 Å². The minimum Gasteiger partial charge on any atom is -0.383 e. The molecule has 1 aromatic rings. The predicted octanol–water partition coefficient (Wildman–Crippen LogP) is -0.346. The molecular weight excluding hydrogens is 328 g/mol. The SMILES string of the molecule is C=C1C(=O)N=C(n2nc(C)cc2NC(=O)C(=O)NCCOC)N=C1C. The van der Waals surface area contributed by atoms with E-state index in [0.717, 1.165) is 0 Å². The van der Waals surface area contributed by atoms with Crippen molar-refractivity contribution >= 4 is 35.2 Å². The van der Waals surface area contributed by atoms with Gasteiger partial charge in [-0.15, -0.1) is 0 Å². The fourth-order valence-electron chi connectivity index (χ4n) is 1.91. The van der Waals surface area contributed by atoms with Crippen LogP contribution >= 0.6 is 0 Å². The molecule has 2 heterocycles. The zero-order valence-corrected chi connectivity index (χ0v) is 14.1. The molecule has 1 aromatic heterocycles. The van der Waals surface area contributed by atoms with Crippen molar-refractivity contribution in [3.05, 3.63) is 23.9 Å². The Hall–Kier alpha value is -3.14. The Bertz CT molecular complexity index is 805. The van der Waals surface area contributed by atoms with E-state index < -0.39 is 17.7 Å². The maximum atomic E-state index is 12.0.